The first-order valence-corrected chi connectivity index (χ1v) is 8.13. The van der Waals surface area contributed by atoms with Crippen molar-refractivity contribution in [2.75, 3.05) is 7.11 Å². The normalized spacial score (nSPS) is 20.4. The van der Waals surface area contributed by atoms with Crippen LogP contribution in [0.1, 0.15) is 38.2 Å². The third-order valence-corrected chi connectivity index (χ3v) is 4.70. The highest BCUT2D eigenvalue weighted by Gasteiger charge is 2.40. The summed E-state index contributed by atoms with van der Waals surface area (Å²) in [7, 11) is 1.31. The molecule has 0 N–H and O–H groups in total. The van der Waals surface area contributed by atoms with Crippen molar-refractivity contribution in [3.63, 3.8) is 0 Å². The molecule has 126 valence electrons. The summed E-state index contributed by atoms with van der Waals surface area (Å²) in [5.41, 5.74) is 1.94. The third-order valence-electron chi connectivity index (χ3n) is 4.70. The maximum atomic E-state index is 13.1. The predicted molar refractivity (Wildman–Crippen MR) is 88.2 cm³/mol. The minimum absolute atomic E-state index is 0.135. The molecular weight excluding hydrogens is 309 g/mol. The monoisotopic (exact) mass is 329 g/mol. The molecule has 0 aromatic heterocycles. The molecule has 2 aliphatic rings. The standard InChI is InChI=1S/C19H20FNO3/c1-12-17(19(23)24-2)16(11-13-7-9-14(20)10-8-13)18(22)21(12)15-5-3-4-6-15/h7-11,15H,3-6H2,1-2H3/b16-11-. The zero-order valence-corrected chi connectivity index (χ0v) is 13.8. The average molecular weight is 329 g/mol. The number of benzene rings is 1. The SMILES string of the molecule is COC(=O)C1=C(C)N(C2CCCC2)C(=O)/C1=C\c1ccc(F)cc1. The van der Waals surface area contributed by atoms with Gasteiger partial charge in [-0.3, -0.25) is 4.79 Å². The van der Waals surface area contributed by atoms with Crippen molar-refractivity contribution in [1.29, 1.82) is 0 Å². The Morgan fingerprint density at radius 3 is 2.46 bits per heavy atom. The third kappa shape index (κ3) is 2.86. The average Bonchev–Trinajstić information content (AvgIpc) is 3.16. The van der Waals surface area contributed by atoms with Gasteiger partial charge in [0.2, 0.25) is 0 Å². The first kappa shape index (κ1) is 16.4. The number of amides is 1. The second-order valence-corrected chi connectivity index (χ2v) is 6.17. The molecule has 0 radical (unpaired) electrons. The molecule has 1 aromatic rings. The van der Waals surface area contributed by atoms with Crippen LogP contribution in [0.5, 0.6) is 0 Å². The Kier molecular flexibility index (Phi) is 4.51. The van der Waals surface area contributed by atoms with E-state index in [-0.39, 0.29) is 17.8 Å². The van der Waals surface area contributed by atoms with Crippen molar-refractivity contribution in [2.45, 2.75) is 38.6 Å². The van der Waals surface area contributed by atoms with Crippen LogP contribution < -0.4 is 0 Å². The van der Waals surface area contributed by atoms with Crippen LogP contribution in [0.3, 0.4) is 0 Å². The number of carbonyl (C=O) groups is 2. The Bertz CT molecular complexity index is 727. The molecule has 24 heavy (non-hydrogen) atoms. The van der Waals surface area contributed by atoms with Crippen molar-refractivity contribution < 1.29 is 18.7 Å². The van der Waals surface area contributed by atoms with Gasteiger partial charge in [0.15, 0.2) is 0 Å². The maximum absolute atomic E-state index is 13.1. The molecule has 4 nitrogen and oxygen atoms in total. The molecule has 0 atom stereocenters. The van der Waals surface area contributed by atoms with Gasteiger partial charge in [-0.2, -0.15) is 0 Å². The molecule has 0 unspecified atom stereocenters. The highest BCUT2D eigenvalue weighted by atomic mass is 19.1. The van der Waals surface area contributed by atoms with E-state index in [1.807, 2.05) is 0 Å². The predicted octanol–water partition coefficient (Wildman–Crippen LogP) is 3.44. The Morgan fingerprint density at radius 2 is 1.88 bits per heavy atom. The maximum Gasteiger partial charge on any atom is 0.340 e. The van der Waals surface area contributed by atoms with Crippen LogP contribution in [-0.4, -0.2) is 29.9 Å². The van der Waals surface area contributed by atoms with Gasteiger partial charge in [0, 0.05) is 11.7 Å². The van der Waals surface area contributed by atoms with Crippen LogP contribution in [0.4, 0.5) is 4.39 Å². The summed E-state index contributed by atoms with van der Waals surface area (Å²) in [6.07, 6.45) is 5.70. The number of allylic oxidation sites excluding steroid dienone is 1. The Balaban J connectivity index is 2.04. The number of ether oxygens (including phenoxy) is 1. The van der Waals surface area contributed by atoms with Gasteiger partial charge in [0.25, 0.3) is 5.91 Å². The topological polar surface area (TPSA) is 46.6 Å². The van der Waals surface area contributed by atoms with E-state index in [0.29, 0.717) is 22.4 Å². The van der Waals surface area contributed by atoms with E-state index in [1.165, 1.54) is 19.2 Å². The molecule has 1 fully saturated rings. The lowest BCUT2D eigenvalue weighted by atomic mass is 10.0. The number of rotatable bonds is 3. The summed E-state index contributed by atoms with van der Waals surface area (Å²) in [6.45, 7) is 1.79. The van der Waals surface area contributed by atoms with E-state index in [4.69, 9.17) is 4.74 Å². The molecule has 1 aliphatic heterocycles. The van der Waals surface area contributed by atoms with Gasteiger partial charge in [-0.25, -0.2) is 9.18 Å². The molecule has 1 aromatic carbocycles. The van der Waals surface area contributed by atoms with Crippen molar-refractivity contribution >= 4 is 18.0 Å². The number of hydrogen-bond acceptors (Lipinski definition) is 3. The second-order valence-electron chi connectivity index (χ2n) is 6.17. The van der Waals surface area contributed by atoms with E-state index in [1.54, 1.807) is 30.0 Å². The summed E-state index contributed by atoms with van der Waals surface area (Å²) in [6, 6.07) is 5.95. The van der Waals surface area contributed by atoms with Gasteiger partial charge in [0.05, 0.1) is 18.3 Å². The fourth-order valence-electron chi connectivity index (χ4n) is 3.53. The number of methoxy groups -OCH3 is 1. The fourth-order valence-corrected chi connectivity index (χ4v) is 3.53. The lowest BCUT2D eigenvalue weighted by Gasteiger charge is -2.25. The quantitative estimate of drug-likeness (QED) is 0.630. The lowest BCUT2D eigenvalue weighted by molar-refractivity contribution is -0.136. The first-order valence-electron chi connectivity index (χ1n) is 8.13. The number of nitrogens with zero attached hydrogens (tertiary/aromatic N) is 1. The van der Waals surface area contributed by atoms with Crippen LogP contribution in [0, 0.1) is 5.82 Å². The molecule has 0 spiro atoms. The van der Waals surface area contributed by atoms with E-state index in [0.717, 1.165) is 25.7 Å². The summed E-state index contributed by atoms with van der Waals surface area (Å²) < 4.78 is 18.0. The van der Waals surface area contributed by atoms with Gasteiger partial charge in [-0.1, -0.05) is 25.0 Å². The molecular formula is C19H20FNO3. The Morgan fingerprint density at radius 1 is 1.25 bits per heavy atom. The smallest absolute Gasteiger partial charge is 0.340 e. The van der Waals surface area contributed by atoms with Crippen LogP contribution >= 0.6 is 0 Å². The number of hydrogen-bond donors (Lipinski definition) is 0. The largest absolute Gasteiger partial charge is 0.465 e. The molecule has 0 saturated heterocycles. The van der Waals surface area contributed by atoms with E-state index < -0.39 is 5.97 Å². The summed E-state index contributed by atoms with van der Waals surface area (Å²) in [5.74, 6) is -1.04. The molecule has 1 heterocycles. The van der Waals surface area contributed by atoms with E-state index in [2.05, 4.69) is 0 Å². The molecule has 1 aliphatic carbocycles. The summed E-state index contributed by atoms with van der Waals surface area (Å²) in [4.78, 5) is 26.9. The van der Waals surface area contributed by atoms with Gasteiger partial charge >= 0.3 is 5.97 Å². The van der Waals surface area contributed by atoms with Crippen molar-refractivity contribution in [3.8, 4) is 0 Å². The van der Waals surface area contributed by atoms with Gasteiger partial charge in [-0.15, -0.1) is 0 Å². The van der Waals surface area contributed by atoms with Crippen LogP contribution in [-0.2, 0) is 14.3 Å². The molecule has 0 bridgehead atoms. The van der Waals surface area contributed by atoms with Gasteiger partial charge < -0.3 is 9.64 Å². The van der Waals surface area contributed by atoms with Crippen molar-refractivity contribution in [1.82, 2.24) is 4.90 Å². The lowest BCUT2D eigenvalue weighted by Crippen LogP contribution is -2.34. The summed E-state index contributed by atoms with van der Waals surface area (Å²) in [5, 5.41) is 0. The van der Waals surface area contributed by atoms with Crippen LogP contribution in [0.15, 0.2) is 41.1 Å². The highest BCUT2D eigenvalue weighted by molar-refractivity contribution is 6.16. The van der Waals surface area contributed by atoms with Crippen molar-refractivity contribution in [2.24, 2.45) is 0 Å². The first-order chi connectivity index (χ1) is 11.5. The second kappa shape index (κ2) is 6.59. The minimum atomic E-state index is -0.519. The van der Waals surface area contributed by atoms with Crippen LogP contribution in [0.2, 0.25) is 0 Å². The van der Waals surface area contributed by atoms with E-state index >= 15 is 0 Å². The highest BCUT2D eigenvalue weighted by Crippen LogP contribution is 2.37. The Hall–Kier alpha value is -2.43. The molecule has 3 rings (SSSR count). The zero-order chi connectivity index (χ0) is 17.3. The number of esters is 1. The van der Waals surface area contributed by atoms with E-state index in [9.17, 15) is 14.0 Å². The minimum Gasteiger partial charge on any atom is -0.465 e. The molecule has 1 saturated carbocycles. The van der Waals surface area contributed by atoms with Crippen LogP contribution in [0.25, 0.3) is 6.08 Å². The number of carbonyl (C=O) groups excluding carboxylic acids is 2. The van der Waals surface area contributed by atoms with Gasteiger partial charge in [0.1, 0.15) is 5.82 Å². The summed E-state index contributed by atoms with van der Waals surface area (Å²) >= 11 is 0. The molecule has 5 heteroatoms. The zero-order valence-electron chi connectivity index (χ0n) is 13.8. The van der Waals surface area contributed by atoms with Gasteiger partial charge in [-0.05, 0) is 43.5 Å². The number of halogens is 1. The molecule has 1 amide bonds. The fraction of sp³-hybridized carbons (Fsp3) is 0.368. The van der Waals surface area contributed by atoms with Crippen molar-refractivity contribution in [3.05, 3.63) is 52.5 Å². The Labute approximate surface area is 140 Å².